The minimum atomic E-state index is -0.916. The van der Waals surface area contributed by atoms with Crippen molar-refractivity contribution in [2.75, 3.05) is 7.11 Å². The van der Waals surface area contributed by atoms with Crippen molar-refractivity contribution >= 4 is 5.97 Å². The molecule has 0 bridgehead atoms. The number of aliphatic hydroxyl groups is 1. The highest BCUT2D eigenvalue weighted by Gasteiger charge is 2.07. The molecule has 0 atom stereocenters. The number of hydrogen-bond donors (Lipinski definition) is 3. The molecule has 0 radical (unpaired) electrons. The highest BCUT2D eigenvalue weighted by atomic mass is 16.4. The number of carbonyl (C=O) groups is 1. The molecule has 0 fully saturated rings. The van der Waals surface area contributed by atoms with E-state index in [1.54, 1.807) is 12.1 Å². The third kappa shape index (κ3) is 6.25. The number of carboxylic acids is 1. The van der Waals surface area contributed by atoms with E-state index in [0.717, 1.165) is 25.5 Å². The Morgan fingerprint density at radius 1 is 1.22 bits per heavy atom. The lowest BCUT2D eigenvalue weighted by Crippen LogP contribution is -2.01. The van der Waals surface area contributed by atoms with Crippen molar-refractivity contribution in [2.24, 2.45) is 0 Å². The van der Waals surface area contributed by atoms with E-state index in [1.807, 2.05) is 6.07 Å². The predicted octanol–water partition coefficient (Wildman–Crippen LogP) is 2.36. The van der Waals surface area contributed by atoms with Gasteiger partial charge in [0.05, 0.1) is 6.42 Å². The summed E-state index contributed by atoms with van der Waals surface area (Å²) in [4.78, 5) is 10.6. The molecule has 102 valence electrons. The fraction of sp³-hybridized carbons (Fsp3) is 0.500. The van der Waals surface area contributed by atoms with Crippen molar-refractivity contribution in [3.8, 4) is 5.75 Å². The van der Waals surface area contributed by atoms with E-state index in [-0.39, 0.29) is 12.2 Å². The van der Waals surface area contributed by atoms with E-state index in [1.165, 1.54) is 12.8 Å². The van der Waals surface area contributed by atoms with E-state index in [9.17, 15) is 9.90 Å². The average Bonchev–Trinajstić information content (AvgIpc) is 2.35. The van der Waals surface area contributed by atoms with Gasteiger partial charge in [-0.05, 0) is 24.5 Å². The second-order valence-corrected chi connectivity index (χ2v) is 3.99. The molecule has 1 aromatic rings. The van der Waals surface area contributed by atoms with Gasteiger partial charge in [0.2, 0.25) is 0 Å². The SMILES string of the molecule is CCCCCc1ccc(O)c(CC(=O)O)c1.CO. The fourth-order valence-electron chi connectivity index (χ4n) is 1.68. The number of phenolic OH excluding ortho intramolecular Hbond substituents is 1. The molecule has 1 aromatic carbocycles. The summed E-state index contributed by atoms with van der Waals surface area (Å²) in [5, 5.41) is 25.2. The molecule has 0 spiro atoms. The van der Waals surface area contributed by atoms with Gasteiger partial charge in [-0.1, -0.05) is 31.9 Å². The molecule has 0 amide bonds. The Hall–Kier alpha value is -1.55. The van der Waals surface area contributed by atoms with Gasteiger partial charge in [0, 0.05) is 12.7 Å². The zero-order valence-electron chi connectivity index (χ0n) is 11.0. The van der Waals surface area contributed by atoms with Crippen LogP contribution in [0.3, 0.4) is 0 Å². The number of carboxylic acid groups (broad SMARTS) is 1. The highest BCUT2D eigenvalue weighted by Crippen LogP contribution is 2.20. The molecule has 4 nitrogen and oxygen atoms in total. The summed E-state index contributed by atoms with van der Waals surface area (Å²) in [7, 11) is 1.00. The first-order valence-electron chi connectivity index (χ1n) is 6.10. The number of rotatable bonds is 6. The lowest BCUT2D eigenvalue weighted by molar-refractivity contribution is -0.136. The fourth-order valence-corrected chi connectivity index (χ4v) is 1.68. The summed E-state index contributed by atoms with van der Waals surface area (Å²) >= 11 is 0. The zero-order valence-corrected chi connectivity index (χ0v) is 11.0. The van der Waals surface area contributed by atoms with Gasteiger partial charge in [0.25, 0.3) is 0 Å². The van der Waals surface area contributed by atoms with Gasteiger partial charge >= 0.3 is 5.97 Å². The van der Waals surface area contributed by atoms with Crippen molar-refractivity contribution < 1.29 is 20.1 Å². The first-order chi connectivity index (χ1) is 8.63. The molecule has 0 saturated carbocycles. The molecule has 4 heteroatoms. The third-order valence-corrected chi connectivity index (χ3v) is 2.55. The maximum atomic E-state index is 10.6. The molecule has 0 aliphatic carbocycles. The van der Waals surface area contributed by atoms with Gasteiger partial charge in [-0.3, -0.25) is 4.79 Å². The van der Waals surface area contributed by atoms with Gasteiger partial charge in [-0.25, -0.2) is 0 Å². The standard InChI is InChI=1S/C13H18O3.CH4O/c1-2-3-4-5-10-6-7-12(14)11(8-10)9-13(15)16;1-2/h6-8,14H,2-5,9H2,1H3,(H,15,16);2H,1H3. The lowest BCUT2D eigenvalue weighted by atomic mass is 10.0. The van der Waals surface area contributed by atoms with Crippen LogP contribution in [0, 0.1) is 0 Å². The van der Waals surface area contributed by atoms with Crippen LogP contribution in [0.1, 0.15) is 37.3 Å². The van der Waals surface area contributed by atoms with Crippen LogP contribution in [0.5, 0.6) is 5.75 Å². The summed E-state index contributed by atoms with van der Waals surface area (Å²) in [5.41, 5.74) is 1.60. The van der Waals surface area contributed by atoms with Crippen LogP contribution in [-0.2, 0) is 17.6 Å². The molecule has 0 unspecified atom stereocenters. The first-order valence-corrected chi connectivity index (χ1v) is 6.10. The Balaban J connectivity index is 0.00000137. The van der Waals surface area contributed by atoms with Crippen LogP contribution in [0.4, 0.5) is 0 Å². The number of hydrogen-bond acceptors (Lipinski definition) is 3. The summed E-state index contributed by atoms with van der Waals surface area (Å²) in [5.74, 6) is -0.845. The summed E-state index contributed by atoms with van der Waals surface area (Å²) < 4.78 is 0. The lowest BCUT2D eigenvalue weighted by Gasteiger charge is -2.05. The van der Waals surface area contributed by atoms with Crippen molar-refractivity contribution in [1.82, 2.24) is 0 Å². The smallest absolute Gasteiger partial charge is 0.307 e. The number of unbranched alkanes of at least 4 members (excludes halogenated alkanes) is 2. The molecule has 18 heavy (non-hydrogen) atoms. The van der Waals surface area contributed by atoms with Crippen LogP contribution in [0.25, 0.3) is 0 Å². The molecule has 3 N–H and O–H groups in total. The van der Waals surface area contributed by atoms with Crippen LogP contribution < -0.4 is 0 Å². The largest absolute Gasteiger partial charge is 0.508 e. The van der Waals surface area contributed by atoms with E-state index in [0.29, 0.717) is 5.56 Å². The molecular formula is C14H22O4. The van der Waals surface area contributed by atoms with E-state index in [4.69, 9.17) is 10.2 Å². The third-order valence-electron chi connectivity index (χ3n) is 2.55. The van der Waals surface area contributed by atoms with E-state index in [2.05, 4.69) is 6.92 Å². The van der Waals surface area contributed by atoms with Gasteiger partial charge in [0.1, 0.15) is 5.75 Å². The van der Waals surface area contributed by atoms with Gasteiger partial charge < -0.3 is 15.3 Å². The van der Waals surface area contributed by atoms with E-state index >= 15 is 0 Å². The Morgan fingerprint density at radius 3 is 2.44 bits per heavy atom. The summed E-state index contributed by atoms with van der Waals surface area (Å²) in [6.45, 7) is 2.15. The molecule has 0 aliphatic rings. The van der Waals surface area contributed by atoms with Crippen LogP contribution in [0.15, 0.2) is 18.2 Å². The minimum Gasteiger partial charge on any atom is -0.508 e. The average molecular weight is 254 g/mol. The van der Waals surface area contributed by atoms with Gasteiger partial charge in [-0.15, -0.1) is 0 Å². The minimum absolute atomic E-state index is 0.0710. The van der Waals surface area contributed by atoms with Gasteiger partial charge in [0.15, 0.2) is 0 Å². The predicted molar refractivity (Wildman–Crippen MR) is 70.8 cm³/mol. The number of phenols is 1. The normalized spacial score (nSPS) is 9.50. The summed E-state index contributed by atoms with van der Waals surface area (Å²) in [6.07, 6.45) is 4.27. The quantitative estimate of drug-likeness (QED) is 0.681. The van der Waals surface area contributed by atoms with Crippen LogP contribution in [0.2, 0.25) is 0 Å². The number of aryl methyl sites for hydroxylation is 1. The molecule has 0 saturated heterocycles. The van der Waals surface area contributed by atoms with E-state index < -0.39 is 5.97 Å². The first kappa shape index (κ1) is 16.4. The van der Waals surface area contributed by atoms with Gasteiger partial charge in [-0.2, -0.15) is 0 Å². The molecule has 0 aliphatic heterocycles. The maximum Gasteiger partial charge on any atom is 0.307 e. The number of benzene rings is 1. The zero-order chi connectivity index (χ0) is 14.0. The Labute approximate surface area is 108 Å². The molecular weight excluding hydrogens is 232 g/mol. The monoisotopic (exact) mass is 254 g/mol. The van der Waals surface area contributed by atoms with Crippen molar-refractivity contribution in [3.05, 3.63) is 29.3 Å². The highest BCUT2D eigenvalue weighted by molar-refractivity contribution is 5.71. The second kappa shape index (κ2) is 9.48. The number of aliphatic hydroxyl groups excluding tert-OH is 1. The Bertz CT molecular complexity index is 361. The van der Waals surface area contributed by atoms with Crippen LogP contribution >= 0.6 is 0 Å². The molecule has 0 aromatic heterocycles. The van der Waals surface area contributed by atoms with Crippen LogP contribution in [-0.4, -0.2) is 28.4 Å². The second-order valence-electron chi connectivity index (χ2n) is 3.99. The number of aliphatic carboxylic acids is 1. The number of aromatic hydroxyl groups is 1. The Kier molecular flexibility index (Phi) is 8.66. The van der Waals surface area contributed by atoms with Crippen molar-refractivity contribution in [3.63, 3.8) is 0 Å². The summed E-state index contributed by atoms with van der Waals surface area (Å²) in [6, 6.07) is 5.23. The Morgan fingerprint density at radius 2 is 1.89 bits per heavy atom. The molecule has 0 heterocycles. The maximum absolute atomic E-state index is 10.6. The topological polar surface area (TPSA) is 77.8 Å². The van der Waals surface area contributed by atoms with Crippen molar-refractivity contribution in [1.29, 1.82) is 0 Å². The molecule has 1 rings (SSSR count). The van der Waals surface area contributed by atoms with Crippen molar-refractivity contribution in [2.45, 2.75) is 39.0 Å².